The molecule has 1 atom stereocenters. The fraction of sp³-hybridized carbons (Fsp3) is 0.133. The minimum Gasteiger partial charge on any atom is -0.480 e. The Kier molecular flexibility index (Phi) is 4.72. The first-order valence-corrected chi connectivity index (χ1v) is 7.95. The quantitative estimate of drug-likeness (QED) is 0.854. The maximum Gasteiger partial charge on any atom is 0.326 e. The normalized spacial score (nSPS) is 12.8. The van der Waals surface area contributed by atoms with Crippen molar-refractivity contribution < 1.29 is 18.3 Å². The fourth-order valence-electron chi connectivity index (χ4n) is 1.92. The van der Waals surface area contributed by atoms with Crippen molar-refractivity contribution in [2.24, 2.45) is 0 Å². The molecular weight excluding hydrogens is 290 g/mol. The van der Waals surface area contributed by atoms with E-state index in [1.54, 1.807) is 60.7 Å². The molecule has 5 nitrogen and oxygen atoms in total. The van der Waals surface area contributed by atoms with Crippen LogP contribution >= 0.6 is 0 Å². The van der Waals surface area contributed by atoms with E-state index < -0.39 is 22.0 Å². The number of carboxylic acid groups (broad SMARTS) is 1. The lowest BCUT2D eigenvalue weighted by atomic mass is 10.1. The highest BCUT2D eigenvalue weighted by atomic mass is 32.2. The summed E-state index contributed by atoms with van der Waals surface area (Å²) in [5.41, 5.74) is 0.990. The second-order valence-corrected chi connectivity index (χ2v) is 6.30. The van der Waals surface area contributed by atoms with E-state index >= 15 is 0 Å². The van der Waals surface area contributed by atoms with Crippen LogP contribution in [0.5, 0.6) is 0 Å². The zero-order chi connectivity index (χ0) is 15.3. The van der Waals surface area contributed by atoms with Crippen LogP contribution in [0.15, 0.2) is 60.7 Å². The molecule has 0 aliphatic heterocycles. The Morgan fingerprint density at radius 3 is 2.05 bits per heavy atom. The van der Waals surface area contributed by atoms with Gasteiger partial charge in [-0.25, -0.2) is 8.42 Å². The van der Waals surface area contributed by atoms with E-state index in [4.69, 9.17) is 0 Å². The van der Waals surface area contributed by atoms with Crippen molar-refractivity contribution in [2.75, 3.05) is 0 Å². The van der Waals surface area contributed by atoms with Crippen LogP contribution in [0.3, 0.4) is 0 Å². The van der Waals surface area contributed by atoms with E-state index in [9.17, 15) is 18.3 Å². The first-order valence-electron chi connectivity index (χ1n) is 6.29. The molecule has 2 aromatic rings. The van der Waals surface area contributed by atoms with Crippen molar-refractivity contribution in [3.8, 4) is 0 Å². The molecule has 0 spiro atoms. The third-order valence-corrected chi connectivity index (χ3v) is 4.18. The summed E-state index contributed by atoms with van der Waals surface area (Å²) in [5, 5.41) is 9.23. The Morgan fingerprint density at radius 1 is 1.00 bits per heavy atom. The van der Waals surface area contributed by atoms with Gasteiger partial charge in [0, 0.05) is 0 Å². The number of carbonyl (C=O) groups is 1. The van der Waals surface area contributed by atoms with Gasteiger partial charge in [-0.2, -0.15) is 4.72 Å². The molecule has 0 saturated heterocycles. The fourth-order valence-corrected chi connectivity index (χ4v) is 3.23. The smallest absolute Gasteiger partial charge is 0.326 e. The molecular formula is C15H15NO4S. The van der Waals surface area contributed by atoms with E-state index in [2.05, 4.69) is 4.72 Å². The monoisotopic (exact) mass is 305 g/mol. The van der Waals surface area contributed by atoms with Gasteiger partial charge < -0.3 is 5.11 Å². The van der Waals surface area contributed by atoms with Crippen LogP contribution in [-0.2, 0) is 20.6 Å². The Hall–Kier alpha value is -2.18. The van der Waals surface area contributed by atoms with Crippen LogP contribution in [0.25, 0.3) is 0 Å². The van der Waals surface area contributed by atoms with Crippen LogP contribution in [0.1, 0.15) is 17.2 Å². The second kappa shape index (κ2) is 6.51. The Balaban J connectivity index is 2.19. The molecule has 110 valence electrons. The van der Waals surface area contributed by atoms with Crippen LogP contribution in [0.4, 0.5) is 0 Å². The molecule has 6 heteroatoms. The maximum absolute atomic E-state index is 12.1. The summed E-state index contributed by atoms with van der Waals surface area (Å²) >= 11 is 0. The average molecular weight is 305 g/mol. The Morgan fingerprint density at radius 2 is 1.52 bits per heavy atom. The topological polar surface area (TPSA) is 83.5 Å². The predicted molar refractivity (Wildman–Crippen MR) is 79.0 cm³/mol. The molecule has 0 unspecified atom stereocenters. The van der Waals surface area contributed by atoms with Crippen LogP contribution in [0.2, 0.25) is 0 Å². The molecule has 0 radical (unpaired) electrons. The van der Waals surface area contributed by atoms with Gasteiger partial charge in [-0.3, -0.25) is 4.79 Å². The Bertz CT molecular complexity index is 699. The van der Waals surface area contributed by atoms with Gasteiger partial charge in [0.05, 0.1) is 5.75 Å². The third kappa shape index (κ3) is 4.40. The number of benzene rings is 2. The summed E-state index contributed by atoms with van der Waals surface area (Å²) in [6, 6.07) is 15.5. The first kappa shape index (κ1) is 15.2. The minimum absolute atomic E-state index is 0.259. The third-order valence-electron chi connectivity index (χ3n) is 2.88. The molecule has 0 aliphatic carbocycles. The minimum atomic E-state index is -3.76. The zero-order valence-corrected chi connectivity index (χ0v) is 12.0. The van der Waals surface area contributed by atoms with Gasteiger partial charge in [-0.1, -0.05) is 60.7 Å². The van der Waals surface area contributed by atoms with Crippen LogP contribution in [-0.4, -0.2) is 19.5 Å². The second-order valence-electron chi connectivity index (χ2n) is 4.54. The van der Waals surface area contributed by atoms with Crippen molar-refractivity contribution in [1.29, 1.82) is 0 Å². The molecule has 21 heavy (non-hydrogen) atoms. The lowest BCUT2D eigenvalue weighted by Gasteiger charge is -2.15. The van der Waals surface area contributed by atoms with E-state index in [0.717, 1.165) is 0 Å². The van der Waals surface area contributed by atoms with Gasteiger partial charge in [0.1, 0.15) is 6.04 Å². The number of carboxylic acids is 1. The summed E-state index contributed by atoms with van der Waals surface area (Å²) in [6.45, 7) is 0. The number of hydrogen-bond acceptors (Lipinski definition) is 3. The number of hydrogen-bond donors (Lipinski definition) is 2. The maximum atomic E-state index is 12.1. The molecule has 2 rings (SSSR count). The molecule has 0 aliphatic rings. The number of nitrogens with one attached hydrogen (secondary N) is 1. The Labute approximate surface area is 123 Å². The van der Waals surface area contributed by atoms with Gasteiger partial charge in [-0.15, -0.1) is 0 Å². The standard InChI is InChI=1S/C15H15NO4S/c17-15(18)14(13-9-5-2-6-10-13)16-21(19,20)11-12-7-3-1-4-8-12/h1-10,14,16H,11H2,(H,17,18)/t14-/m0/s1. The summed E-state index contributed by atoms with van der Waals surface area (Å²) in [7, 11) is -3.76. The van der Waals surface area contributed by atoms with Crippen molar-refractivity contribution in [1.82, 2.24) is 4.72 Å². The first-order chi connectivity index (χ1) is 9.98. The van der Waals surface area contributed by atoms with Crippen molar-refractivity contribution in [3.05, 3.63) is 71.8 Å². The lowest BCUT2D eigenvalue weighted by Crippen LogP contribution is -2.34. The lowest BCUT2D eigenvalue weighted by molar-refractivity contribution is -0.139. The highest BCUT2D eigenvalue weighted by Crippen LogP contribution is 2.15. The summed E-state index contributed by atoms with van der Waals surface area (Å²) in [5.74, 6) is -1.50. The summed E-state index contributed by atoms with van der Waals surface area (Å²) in [6.07, 6.45) is 0. The molecule has 0 aromatic heterocycles. The van der Waals surface area contributed by atoms with Gasteiger partial charge in [0.25, 0.3) is 0 Å². The van der Waals surface area contributed by atoms with Gasteiger partial charge in [-0.05, 0) is 11.1 Å². The molecule has 2 N–H and O–H groups in total. The molecule has 0 bridgehead atoms. The SMILES string of the molecule is O=C(O)[C@@H](NS(=O)(=O)Cc1ccccc1)c1ccccc1. The number of rotatable bonds is 6. The number of aliphatic carboxylic acids is 1. The number of sulfonamides is 1. The average Bonchev–Trinajstić information content (AvgIpc) is 2.46. The zero-order valence-electron chi connectivity index (χ0n) is 11.1. The van der Waals surface area contributed by atoms with Gasteiger partial charge in [0.2, 0.25) is 10.0 Å². The molecule has 0 saturated carbocycles. The van der Waals surface area contributed by atoms with Gasteiger partial charge >= 0.3 is 5.97 Å². The molecule has 2 aromatic carbocycles. The van der Waals surface area contributed by atoms with E-state index in [0.29, 0.717) is 11.1 Å². The van der Waals surface area contributed by atoms with Crippen molar-refractivity contribution >= 4 is 16.0 Å². The van der Waals surface area contributed by atoms with Crippen molar-refractivity contribution in [3.63, 3.8) is 0 Å². The van der Waals surface area contributed by atoms with Crippen LogP contribution < -0.4 is 4.72 Å². The summed E-state index contributed by atoms with van der Waals surface area (Å²) in [4.78, 5) is 11.3. The van der Waals surface area contributed by atoms with E-state index in [1.807, 2.05) is 0 Å². The van der Waals surface area contributed by atoms with E-state index in [-0.39, 0.29) is 5.75 Å². The van der Waals surface area contributed by atoms with E-state index in [1.165, 1.54) is 0 Å². The highest BCUT2D eigenvalue weighted by Gasteiger charge is 2.25. The van der Waals surface area contributed by atoms with Gasteiger partial charge in [0.15, 0.2) is 0 Å². The summed E-state index contributed by atoms with van der Waals surface area (Å²) < 4.78 is 26.5. The predicted octanol–water partition coefficient (Wildman–Crippen LogP) is 1.93. The largest absolute Gasteiger partial charge is 0.480 e. The molecule has 0 heterocycles. The van der Waals surface area contributed by atoms with Crippen molar-refractivity contribution in [2.45, 2.75) is 11.8 Å². The molecule has 0 fully saturated rings. The van der Waals surface area contributed by atoms with Crippen LogP contribution in [0, 0.1) is 0 Å². The molecule has 0 amide bonds. The highest BCUT2D eigenvalue weighted by molar-refractivity contribution is 7.88.